The highest BCUT2D eigenvalue weighted by Gasteiger charge is 2.00. The van der Waals surface area contributed by atoms with Gasteiger partial charge < -0.3 is 10.1 Å². The summed E-state index contributed by atoms with van der Waals surface area (Å²) < 4.78 is 6.25. The summed E-state index contributed by atoms with van der Waals surface area (Å²) in [6.07, 6.45) is 0. The van der Waals surface area contributed by atoms with E-state index in [1.54, 1.807) is 7.11 Å². The highest BCUT2D eigenvalue weighted by Crippen LogP contribution is 2.21. The van der Waals surface area contributed by atoms with Crippen LogP contribution in [0.25, 0.3) is 0 Å². The van der Waals surface area contributed by atoms with Crippen LogP contribution in [0.4, 0.5) is 5.69 Å². The Morgan fingerprint density at radius 3 is 2.68 bits per heavy atom. The highest BCUT2D eigenvalue weighted by atomic mass is 79.9. The van der Waals surface area contributed by atoms with Crippen molar-refractivity contribution in [2.24, 2.45) is 0 Å². The molecular weight excluding hydrogens is 302 g/mol. The minimum atomic E-state index is 0.657. The molecule has 2 nitrogen and oxygen atoms in total. The van der Waals surface area contributed by atoms with Gasteiger partial charge in [0.2, 0.25) is 0 Å². The molecule has 0 spiro atoms. The van der Waals surface area contributed by atoms with E-state index in [1.165, 1.54) is 16.7 Å². The molecular formula is C16H18BrNO. The Hall–Kier alpha value is -1.32. The molecule has 0 unspecified atom stereocenters. The Bertz CT molecular complexity index is 554. The van der Waals surface area contributed by atoms with Gasteiger partial charge in [0.05, 0.1) is 6.61 Å². The van der Waals surface area contributed by atoms with E-state index in [1.807, 2.05) is 0 Å². The Morgan fingerprint density at radius 1 is 1.11 bits per heavy atom. The Balaban J connectivity index is 2.05. The molecule has 0 aliphatic heterocycles. The lowest BCUT2D eigenvalue weighted by Crippen LogP contribution is -2.01. The topological polar surface area (TPSA) is 21.3 Å². The zero-order valence-corrected chi connectivity index (χ0v) is 12.8. The monoisotopic (exact) mass is 319 g/mol. The van der Waals surface area contributed by atoms with Crippen LogP contribution in [-0.4, -0.2) is 7.11 Å². The number of hydrogen-bond acceptors (Lipinski definition) is 2. The van der Waals surface area contributed by atoms with Crippen molar-refractivity contribution in [1.29, 1.82) is 0 Å². The molecule has 0 aromatic heterocycles. The van der Waals surface area contributed by atoms with Gasteiger partial charge in [0, 0.05) is 23.8 Å². The smallest absolute Gasteiger partial charge is 0.0713 e. The Kier molecular flexibility index (Phi) is 5.00. The van der Waals surface area contributed by atoms with E-state index in [-0.39, 0.29) is 0 Å². The van der Waals surface area contributed by atoms with Crippen LogP contribution in [0.1, 0.15) is 16.7 Å². The van der Waals surface area contributed by atoms with Crippen molar-refractivity contribution in [2.75, 3.05) is 12.4 Å². The largest absolute Gasteiger partial charge is 0.381 e. The number of halogens is 1. The second-order valence-electron chi connectivity index (χ2n) is 4.57. The van der Waals surface area contributed by atoms with Crippen LogP contribution < -0.4 is 5.32 Å². The molecule has 0 bridgehead atoms. The van der Waals surface area contributed by atoms with Crippen molar-refractivity contribution in [2.45, 2.75) is 20.1 Å². The first-order chi connectivity index (χ1) is 9.19. The van der Waals surface area contributed by atoms with Crippen LogP contribution in [0.15, 0.2) is 46.9 Å². The minimum absolute atomic E-state index is 0.657. The second kappa shape index (κ2) is 6.73. The molecule has 3 heteroatoms. The van der Waals surface area contributed by atoms with E-state index in [9.17, 15) is 0 Å². The fraction of sp³-hybridized carbons (Fsp3) is 0.250. The Morgan fingerprint density at radius 2 is 1.89 bits per heavy atom. The van der Waals surface area contributed by atoms with Gasteiger partial charge in [0.25, 0.3) is 0 Å². The molecule has 0 aliphatic rings. The van der Waals surface area contributed by atoms with E-state index in [4.69, 9.17) is 4.74 Å². The first-order valence-electron chi connectivity index (χ1n) is 6.26. The number of hydrogen-bond donors (Lipinski definition) is 1. The maximum atomic E-state index is 5.15. The second-order valence-corrected chi connectivity index (χ2v) is 5.48. The molecule has 2 rings (SSSR count). The van der Waals surface area contributed by atoms with E-state index >= 15 is 0 Å². The summed E-state index contributed by atoms with van der Waals surface area (Å²) in [7, 11) is 1.72. The summed E-state index contributed by atoms with van der Waals surface area (Å²) in [5, 5.41) is 3.47. The van der Waals surface area contributed by atoms with Crippen molar-refractivity contribution in [1.82, 2.24) is 0 Å². The van der Waals surface area contributed by atoms with Crippen LogP contribution in [0.2, 0.25) is 0 Å². The summed E-state index contributed by atoms with van der Waals surface area (Å²) in [5.41, 5.74) is 4.87. The summed E-state index contributed by atoms with van der Waals surface area (Å²) in [6, 6.07) is 14.7. The van der Waals surface area contributed by atoms with Gasteiger partial charge in [-0.3, -0.25) is 0 Å². The van der Waals surface area contributed by atoms with Crippen molar-refractivity contribution in [3.8, 4) is 0 Å². The van der Waals surface area contributed by atoms with Gasteiger partial charge in [-0.15, -0.1) is 0 Å². The lowest BCUT2D eigenvalue weighted by atomic mass is 10.1. The number of anilines is 1. The summed E-state index contributed by atoms with van der Waals surface area (Å²) in [6.45, 7) is 3.58. The molecule has 0 aliphatic carbocycles. The van der Waals surface area contributed by atoms with Gasteiger partial charge in [-0.25, -0.2) is 0 Å². The molecule has 0 saturated heterocycles. The third kappa shape index (κ3) is 4.08. The van der Waals surface area contributed by atoms with Gasteiger partial charge in [0.15, 0.2) is 0 Å². The quantitative estimate of drug-likeness (QED) is 0.875. The predicted molar refractivity (Wildman–Crippen MR) is 83.4 cm³/mol. The fourth-order valence-corrected chi connectivity index (χ4v) is 2.34. The number of methoxy groups -OCH3 is 1. The number of aryl methyl sites for hydroxylation is 1. The minimum Gasteiger partial charge on any atom is -0.381 e. The number of benzene rings is 2. The normalized spacial score (nSPS) is 10.5. The Labute approximate surface area is 122 Å². The van der Waals surface area contributed by atoms with Crippen molar-refractivity contribution >= 4 is 21.6 Å². The number of ether oxygens (including phenoxy) is 1. The van der Waals surface area contributed by atoms with Crippen molar-refractivity contribution in [3.05, 3.63) is 63.6 Å². The third-order valence-corrected chi connectivity index (χ3v) is 3.48. The van der Waals surface area contributed by atoms with Crippen LogP contribution in [0, 0.1) is 6.92 Å². The standard InChI is InChI=1S/C16H18BrNO/c1-12-6-7-15(17)9-16(12)18-10-13-4-3-5-14(8-13)11-19-2/h3-9,18H,10-11H2,1-2H3. The average Bonchev–Trinajstić information content (AvgIpc) is 2.41. The first-order valence-corrected chi connectivity index (χ1v) is 7.05. The first kappa shape index (κ1) is 14.1. The average molecular weight is 320 g/mol. The van der Waals surface area contributed by atoms with Gasteiger partial charge in [-0.05, 0) is 35.7 Å². The molecule has 19 heavy (non-hydrogen) atoms. The number of rotatable bonds is 5. The molecule has 0 fully saturated rings. The molecule has 2 aromatic carbocycles. The molecule has 0 radical (unpaired) electrons. The zero-order valence-electron chi connectivity index (χ0n) is 11.2. The molecule has 0 heterocycles. The zero-order chi connectivity index (χ0) is 13.7. The lowest BCUT2D eigenvalue weighted by molar-refractivity contribution is 0.185. The number of nitrogens with one attached hydrogen (secondary N) is 1. The maximum Gasteiger partial charge on any atom is 0.0713 e. The summed E-state index contributed by atoms with van der Waals surface area (Å²) in [4.78, 5) is 0. The molecule has 0 amide bonds. The van der Waals surface area contributed by atoms with E-state index in [2.05, 4.69) is 70.6 Å². The van der Waals surface area contributed by atoms with Gasteiger partial charge in [-0.2, -0.15) is 0 Å². The molecule has 100 valence electrons. The van der Waals surface area contributed by atoms with E-state index in [0.717, 1.165) is 16.7 Å². The molecule has 0 atom stereocenters. The van der Waals surface area contributed by atoms with Crippen LogP contribution in [0.5, 0.6) is 0 Å². The SMILES string of the molecule is COCc1cccc(CNc2cc(Br)ccc2C)c1. The third-order valence-electron chi connectivity index (χ3n) is 2.98. The highest BCUT2D eigenvalue weighted by molar-refractivity contribution is 9.10. The summed E-state index contributed by atoms with van der Waals surface area (Å²) >= 11 is 3.50. The van der Waals surface area contributed by atoms with E-state index in [0.29, 0.717) is 6.61 Å². The van der Waals surface area contributed by atoms with Gasteiger partial charge >= 0.3 is 0 Å². The van der Waals surface area contributed by atoms with Crippen molar-refractivity contribution < 1.29 is 4.74 Å². The van der Waals surface area contributed by atoms with Crippen LogP contribution in [-0.2, 0) is 17.9 Å². The molecule has 2 aromatic rings. The van der Waals surface area contributed by atoms with Gasteiger partial charge in [0.1, 0.15) is 0 Å². The molecule has 1 N–H and O–H groups in total. The van der Waals surface area contributed by atoms with Crippen LogP contribution >= 0.6 is 15.9 Å². The van der Waals surface area contributed by atoms with E-state index < -0.39 is 0 Å². The lowest BCUT2D eigenvalue weighted by Gasteiger charge is -2.11. The maximum absolute atomic E-state index is 5.15. The summed E-state index contributed by atoms with van der Waals surface area (Å²) in [5.74, 6) is 0. The van der Waals surface area contributed by atoms with Crippen LogP contribution in [0.3, 0.4) is 0 Å². The van der Waals surface area contributed by atoms with Crippen molar-refractivity contribution in [3.63, 3.8) is 0 Å². The fourth-order valence-electron chi connectivity index (χ4n) is 1.98. The van der Waals surface area contributed by atoms with Gasteiger partial charge in [-0.1, -0.05) is 46.3 Å². The molecule has 0 saturated carbocycles. The predicted octanol–water partition coefficient (Wildman–Crippen LogP) is 4.52.